The van der Waals surface area contributed by atoms with Gasteiger partial charge in [0.2, 0.25) is 0 Å². The van der Waals surface area contributed by atoms with Crippen LogP contribution in [0.5, 0.6) is 0 Å². The highest BCUT2D eigenvalue weighted by Gasteiger charge is 2.45. The van der Waals surface area contributed by atoms with Crippen LogP contribution in [0, 0.1) is 17.8 Å². The van der Waals surface area contributed by atoms with Crippen molar-refractivity contribution in [1.29, 1.82) is 0 Å². The highest BCUT2D eigenvalue weighted by Crippen LogP contribution is 2.34. The molecule has 1 atom stereocenters. The summed E-state index contributed by atoms with van der Waals surface area (Å²) in [5, 5.41) is 10.2. The second kappa shape index (κ2) is 15.2. The standard InChI is InChI=1S/C35H52O9/c1-22(2)14-25(15-23(3)4)18-28(37)41-21-35(20-36)19-27(30(38)44-35)17-24-12-11-13-26(16-24)29(31(39)42-33(5,6)7)32(40)43-34(8,9)10/h11-13,16-17,22-23,25,29,36H,14-15,18-21H2,1-10H3/b27-17+. The van der Waals surface area contributed by atoms with E-state index in [1.54, 1.807) is 71.9 Å². The maximum Gasteiger partial charge on any atom is 0.334 e. The van der Waals surface area contributed by atoms with Crippen molar-refractivity contribution < 1.29 is 43.2 Å². The Kier molecular flexibility index (Phi) is 12.8. The number of aliphatic hydroxyl groups is 1. The lowest BCUT2D eigenvalue weighted by Gasteiger charge is -2.26. The first-order valence-electron chi connectivity index (χ1n) is 15.5. The third-order valence-corrected chi connectivity index (χ3v) is 6.80. The molecule has 1 saturated heterocycles. The molecule has 0 aromatic heterocycles. The van der Waals surface area contributed by atoms with Gasteiger partial charge in [-0.15, -0.1) is 0 Å². The molecule has 1 aliphatic rings. The summed E-state index contributed by atoms with van der Waals surface area (Å²) in [7, 11) is 0. The maximum absolute atomic E-state index is 13.1. The lowest BCUT2D eigenvalue weighted by Crippen LogP contribution is -2.39. The van der Waals surface area contributed by atoms with Crippen LogP contribution in [0.2, 0.25) is 0 Å². The predicted octanol–water partition coefficient (Wildman–Crippen LogP) is 6.16. The molecule has 1 unspecified atom stereocenters. The largest absolute Gasteiger partial charge is 0.461 e. The number of benzene rings is 1. The summed E-state index contributed by atoms with van der Waals surface area (Å²) in [5.41, 5.74) is -1.92. The Bertz CT molecular complexity index is 1160. The van der Waals surface area contributed by atoms with Gasteiger partial charge in [-0.3, -0.25) is 14.4 Å². The number of ether oxygens (including phenoxy) is 4. The van der Waals surface area contributed by atoms with Gasteiger partial charge in [0.05, 0.1) is 6.61 Å². The molecule has 0 aliphatic carbocycles. The van der Waals surface area contributed by atoms with E-state index in [0.717, 1.165) is 12.8 Å². The van der Waals surface area contributed by atoms with E-state index in [-0.39, 0.29) is 36.9 Å². The summed E-state index contributed by atoms with van der Waals surface area (Å²) in [6, 6.07) is 6.61. The summed E-state index contributed by atoms with van der Waals surface area (Å²) in [4.78, 5) is 51.9. The minimum absolute atomic E-state index is 0.0167. The van der Waals surface area contributed by atoms with E-state index < -0.39 is 47.2 Å². The SMILES string of the molecule is CC(C)CC(CC(=O)OCC1(CO)C/C(=C\c2cccc(C(C(=O)OC(C)(C)C)C(=O)OC(C)(C)C)c2)C(=O)O1)CC(C)C. The lowest BCUT2D eigenvalue weighted by atomic mass is 9.87. The van der Waals surface area contributed by atoms with Gasteiger partial charge < -0.3 is 24.1 Å². The number of rotatable bonds is 13. The average molecular weight is 617 g/mol. The first kappa shape index (κ1) is 37.0. The molecular formula is C35H52O9. The molecule has 1 heterocycles. The van der Waals surface area contributed by atoms with E-state index in [1.165, 1.54) is 0 Å². The summed E-state index contributed by atoms with van der Waals surface area (Å²) < 4.78 is 22.1. The zero-order valence-electron chi connectivity index (χ0n) is 28.2. The van der Waals surface area contributed by atoms with E-state index in [0.29, 0.717) is 23.0 Å². The maximum atomic E-state index is 13.1. The van der Waals surface area contributed by atoms with Crippen molar-refractivity contribution in [2.24, 2.45) is 17.8 Å². The Morgan fingerprint density at radius 3 is 1.98 bits per heavy atom. The van der Waals surface area contributed by atoms with Crippen molar-refractivity contribution in [3.63, 3.8) is 0 Å². The fraction of sp³-hybridized carbons (Fsp3) is 0.657. The van der Waals surface area contributed by atoms with Crippen LogP contribution in [0.25, 0.3) is 6.08 Å². The number of hydrogen-bond donors (Lipinski definition) is 1. The number of hydrogen-bond acceptors (Lipinski definition) is 9. The number of esters is 4. The van der Waals surface area contributed by atoms with Gasteiger partial charge in [0.15, 0.2) is 11.5 Å². The van der Waals surface area contributed by atoms with E-state index in [1.807, 2.05) is 0 Å². The molecule has 1 fully saturated rings. The van der Waals surface area contributed by atoms with Crippen molar-refractivity contribution in [2.45, 2.75) is 118 Å². The van der Waals surface area contributed by atoms with Gasteiger partial charge >= 0.3 is 23.9 Å². The number of carbonyl (C=O) groups is 4. The predicted molar refractivity (Wildman–Crippen MR) is 167 cm³/mol. The van der Waals surface area contributed by atoms with Crippen LogP contribution in [-0.2, 0) is 38.1 Å². The summed E-state index contributed by atoms with van der Waals surface area (Å²) in [6.07, 6.45) is 3.67. The second-order valence-electron chi connectivity index (χ2n) is 14.7. The van der Waals surface area contributed by atoms with Gasteiger partial charge in [-0.05, 0) is 89.3 Å². The van der Waals surface area contributed by atoms with Crippen LogP contribution < -0.4 is 0 Å². The Morgan fingerprint density at radius 1 is 0.955 bits per heavy atom. The van der Waals surface area contributed by atoms with Crippen LogP contribution >= 0.6 is 0 Å². The van der Waals surface area contributed by atoms with Gasteiger partial charge in [0, 0.05) is 18.4 Å². The molecule has 1 aromatic rings. The first-order chi connectivity index (χ1) is 20.2. The fourth-order valence-electron chi connectivity index (χ4n) is 5.26. The Balaban J connectivity index is 2.26. The van der Waals surface area contributed by atoms with Gasteiger partial charge in [-0.25, -0.2) is 4.79 Å². The minimum Gasteiger partial charge on any atom is -0.461 e. The van der Waals surface area contributed by atoms with E-state index >= 15 is 0 Å². The molecule has 1 aromatic carbocycles. The van der Waals surface area contributed by atoms with Gasteiger partial charge in [-0.2, -0.15) is 0 Å². The fourth-order valence-corrected chi connectivity index (χ4v) is 5.26. The molecule has 246 valence electrons. The topological polar surface area (TPSA) is 125 Å². The molecule has 9 heteroatoms. The van der Waals surface area contributed by atoms with E-state index in [9.17, 15) is 24.3 Å². The van der Waals surface area contributed by atoms with Crippen LogP contribution in [0.1, 0.15) is 112 Å². The Morgan fingerprint density at radius 2 is 1.50 bits per heavy atom. The Labute approximate surface area is 262 Å². The third-order valence-electron chi connectivity index (χ3n) is 6.80. The summed E-state index contributed by atoms with van der Waals surface area (Å²) in [5.74, 6) is -2.79. The molecule has 9 nitrogen and oxygen atoms in total. The number of aliphatic hydroxyl groups excluding tert-OH is 1. The quantitative estimate of drug-likeness (QED) is 0.120. The number of carbonyl (C=O) groups excluding carboxylic acids is 4. The van der Waals surface area contributed by atoms with Crippen LogP contribution in [-0.4, -0.2) is 59.0 Å². The summed E-state index contributed by atoms with van der Waals surface area (Å²) in [6.45, 7) is 18.0. The van der Waals surface area contributed by atoms with E-state index in [2.05, 4.69) is 27.7 Å². The average Bonchev–Trinajstić information content (AvgIpc) is 3.15. The van der Waals surface area contributed by atoms with Crippen molar-refractivity contribution in [3.05, 3.63) is 41.0 Å². The molecule has 0 bridgehead atoms. The zero-order chi connectivity index (χ0) is 33.5. The van der Waals surface area contributed by atoms with Crippen molar-refractivity contribution in [1.82, 2.24) is 0 Å². The van der Waals surface area contributed by atoms with Crippen LogP contribution in [0.15, 0.2) is 29.8 Å². The van der Waals surface area contributed by atoms with Crippen molar-refractivity contribution in [3.8, 4) is 0 Å². The molecule has 0 radical (unpaired) electrons. The molecule has 0 spiro atoms. The highest BCUT2D eigenvalue weighted by atomic mass is 16.6. The minimum atomic E-state index is -1.39. The van der Waals surface area contributed by atoms with Gasteiger partial charge in [0.25, 0.3) is 0 Å². The normalized spacial score (nSPS) is 18.3. The monoisotopic (exact) mass is 616 g/mol. The Hall–Kier alpha value is -3.20. The number of cyclic esters (lactones) is 1. The zero-order valence-corrected chi connectivity index (χ0v) is 28.2. The van der Waals surface area contributed by atoms with Crippen molar-refractivity contribution >= 4 is 30.0 Å². The van der Waals surface area contributed by atoms with Crippen LogP contribution in [0.3, 0.4) is 0 Å². The van der Waals surface area contributed by atoms with E-state index in [4.69, 9.17) is 18.9 Å². The van der Waals surface area contributed by atoms with Crippen LogP contribution in [0.4, 0.5) is 0 Å². The smallest absolute Gasteiger partial charge is 0.334 e. The molecule has 2 rings (SSSR count). The third kappa shape index (κ3) is 12.1. The van der Waals surface area contributed by atoms with Crippen molar-refractivity contribution in [2.75, 3.05) is 13.2 Å². The molecular weight excluding hydrogens is 564 g/mol. The molecule has 1 aliphatic heterocycles. The molecule has 1 N–H and O–H groups in total. The second-order valence-corrected chi connectivity index (χ2v) is 14.7. The summed E-state index contributed by atoms with van der Waals surface area (Å²) >= 11 is 0. The molecule has 44 heavy (non-hydrogen) atoms. The van der Waals surface area contributed by atoms with Gasteiger partial charge in [-0.1, -0.05) is 52.0 Å². The lowest BCUT2D eigenvalue weighted by molar-refractivity contribution is -0.169. The molecule has 0 saturated carbocycles. The van der Waals surface area contributed by atoms with Gasteiger partial charge in [0.1, 0.15) is 17.8 Å². The molecule has 0 amide bonds. The highest BCUT2D eigenvalue weighted by molar-refractivity contribution is 6.01. The first-order valence-corrected chi connectivity index (χ1v) is 15.5.